The Morgan fingerprint density at radius 3 is 1.44 bits per heavy atom. The number of benzene rings is 1. The Hall–Kier alpha value is -5.46. The van der Waals surface area contributed by atoms with Gasteiger partial charge in [-0.3, -0.25) is 14.8 Å². The van der Waals surface area contributed by atoms with Gasteiger partial charge in [0.15, 0.2) is 0 Å². The lowest BCUT2D eigenvalue weighted by Crippen LogP contribution is -2.56. The SMILES string of the molecule is Cc1ccc(-c2cnc3n2CCN(C)C32CCN(Cc3ccccn3)CC2)cc1.O=C(O)C(F)(F)F.O=C(O)C(F)(F)F.O=C(O)C(F)(F)F.O=C(O)C(F)(F)F. The summed E-state index contributed by atoms with van der Waals surface area (Å²) in [4.78, 5) is 50.1. The minimum atomic E-state index is -5.08. The molecule has 1 aromatic carbocycles. The minimum absolute atomic E-state index is 0.0435. The molecule has 318 valence electrons. The van der Waals surface area contributed by atoms with Gasteiger partial charge in [-0.05, 0) is 44.5 Å². The number of aromatic nitrogens is 3. The molecule has 4 N–H and O–H groups in total. The zero-order valence-corrected chi connectivity index (χ0v) is 29.3. The second-order valence-electron chi connectivity index (χ2n) is 11.7. The number of aryl methyl sites for hydroxylation is 1. The third-order valence-corrected chi connectivity index (χ3v) is 7.77. The number of hydrogen-bond acceptors (Lipinski definition) is 8. The number of fused-ring (bicyclic) bond motifs is 2. The Morgan fingerprint density at radius 1 is 0.649 bits per heavy atom. The molecule has 4 heterocycles. The van der Waals surface area contributed by atoms with Gasteiger partial charge in [-0.2, -0.15) is 52.7 Å². The molecule has 0 radical (unpaired) electrons. The Morgan fingerprint density at radius 2 is 1.07 bits per heavy atom. The van der Waals surface area contributed by atoms with Crippen molar-refractivity contribution in [1.29, 1.82) is 0 Å². The van der Waals surface area contributed by atoms with E-state index in [4.69, 9.17) is 44.6 Å². The van der Waals surface area contributed by atoms with E-state index in [1.54, 1.807) is 0 Å². The maximum atomic E-state index is 10.6. The lowest BCUT2D eigenvalue weighted by molar-refractivity contribution is -0.193. The minimum Gasteiger partial charge on any atom is -0.475 e. The van der Waals surface area contributed by atoms with E-state index < -0.39 is 48.6 Å². The second-order valence-corrected chi connectivity index (χ2v) is 11.7. The van der Waals surface area contributed by atoms with Gasteiger partial charge in [0.25, 0.3) is 0 Å². The molecule has 0 unspecified atom stereocenters. The highest BCUT2D eigenvalue weighted by atomic mass is 19.4. The fourth-order valence-electron chi connectivity index (χ4n) is 4.97. The van der Waals surface area contributed by atoms with Crippen molar-refractivity contribution in [2.24, 2.45) is 0 Å². The molecule has 13 nitrogen and oxygen atoms in total. The number of carbonyl (C=O) groups is 4. The van der Waals surface area contributed by atoms with Gasteiger partial charge in [0, 0.05) is 38.9 Å². The van der Waals surface area contributed by atoms with Crippen LogP contribution < -0.4 is 0 Å². The number of halogens is 12. The number of piperidine rings is 1. The van der Waals surface area contributed by atoms with Crippen LogP contribution in [0.25, 0.3) is 11.3 Å². The molecular weight excluding hydrogens is 810 g/mol. The van der Waals surface area contributed by atoms with Gasteiger partial charge in [0.1, 0.15) is 5.82 Å². The van der Waals surface area contributed by atoms with Gasteiger partial charge in [0.2, 0.25) is 0 Å². The molecule has 5 rings (SSSR count). The topological polar surface area (TPSA) is 186 Å². The summed E-state index contributed by atoms with van der Waals surface area (Å²) in [7, 11) is 2.28. The number of aliphatic carboxylic acids is 4. The summed E-state index contributed by atoms with van der Waals surface area (Å²) in [6, 6.07) is 15.0. The number of rotatable bonds is 3. The Labute approximate surface area is 313 Å². The average molecular weight is 844 g/mol. The highest BCUT2D eigenvalue weighted by Crippen LogP contribution is 2.41. The third kappa shape index (κ3) is 15.9. The van der Waals surface area contributed by atoms with Crippen molar-refractivity contribution in [3.05, 3.63) is 71.9 Å². The van der Waals surface area contributed by atoms with Crippen molar-refractivity contribution >= 4 is 23.9 Å². The number of likely N-dealkylation sites (tertiary alicyclic amines) is 1. The molecule has 2 aromatic heterocycles. The fraction of sp³-hybridized carbons (Fsp3) is 0.438. The van der Waals surface area contributed by atoms with Crippen LogP contribution in [0.1, 0.15) is 29.9 Å². The van der Waals surface area contributed by atoms with Crippen LogP contribution in [0.2, 0.25) is 0 Å². The zero-order chi connectivity index (χ0) is 44.2. The van der Waals surface area contributed by atoms with Crippen LogP contribution in [-0.2, 0) is 37.8 Å². The normalized spacial score (nSPS) is 15.4. The third-order valence-electron chi connectivity index (χ3n) is 7.77. The number of imidazole rings is 1. The first kappa shape index (κ1) is 49.6. The molecule has 0 atom stereocenters. The summed E-state index contributed by atoms with van der Waals surface area (Å²) in [5.41, 5.74) is 5.01. The van der Waals surface area contributed by atoms with Crippen molar-refractivity contribution in [3.8, 4) is 11.3 Å². The fourth-order valence-corrected chi connectivity index (χ4v) is 4.97. The molecule has 0 amide bonds. The predicted octanol–water partition coefficient (Wildman–Crippen LogP) is 6.22. The van der Waals surface area contributed by atoms with Gasteiger partial charge in [-0.15, -0.1) is 0 Å². The molecule has 25 heteroatoms. The van der Waals surface area contributed by atoms with Gasteiger partial charge in [-0.25, -0.2) is 24.2 Å². The molecule has 57 heavy (non-hydrogen) atoms. The summed E-state index contributed by atoms with van der Waals surface area (Å²) in [5.74, 6) is -9.78. The van der Waals surface area contributed by atoms with E-state index in [2.05, 4.69) is 75.9 Å². The van der Waals surface area contributed by atoms with E-state index in [9.17, 15) is 52.7 Å². The molecule has 0 aliphatic carbocycles. The van der Waals surface area contributed by atoms with Crippen molar-refractivity contribution in [2.45, 2.75) is 63.1 Å². The van der Waals surface area contributed by atoms with Gasteiger partial charge in [-0.1, -0.05) is 35.9 Å². The largest absolute Gasteiger partial charge is 0.490 e. The maximum absolute atomic E-state index is 10.6. The van der Waals surface area contributed by atoms with Crippen molar-refractivity contribution in [1.82, 2.24) is 24.3 Å². The van der Waals surface area contributed by atoms with E-state index in [1.807, 2.05) is 12.3 Å². The zero-order valence-electron chi connectivity index (χ0n) is 29.3. The Balaban J connectivity index is 0.000000473. The van der Waals surface area contributed by atoms with E-state index >= 15 is 0 Å². The van der Waals surface area contributed by atoms with Crippen LogP contribution in [0.15, 0.2) is 54.9 Å². The molecule has 0 saturated carbocycles. The standard InChI is InChI=1S/C24H29N5.4C2HF3O2/c1-19-6-8-20(9-7-19)22-17-26-23-24(27(2)15-16-29(22)23)10-13-28(14-11-24)18-21-5-3-4-12-25-21;4*3-2(4,5)1(6)7/h3-9,12,17H,10-11,13-16,18H2,1-2H3;4*(H,6,7). The van der Waals surface area contributed by atoms with E-state index in [-0.39, 0.29) is 5.54 Å². The van der Waals surface area contributed by atoms with Crippen LogP contribution >= 0.6 is 0 Å². The first-order chi connectivity index (χ1) is 25.9. The predicted molar refractivity (Wildman–Crippen MR) is 170 cm³/mol. The number of likely N-dealkylation sites (N-methyl/N-ethyl adjacent to an activating group) is 1. The number of carboxylic acids is 4. The lowest BCUT2D eigenvalue weighted by atomic mass is 9.83. The van der Waals surface area contributed by atoms with E-state index in [1.165, 1.54) is 22.6 Å². The Bertz CT molecular complexity index is 1680. The highest BCUT2D eigenvalue weighted by molar-refractivity contribution is 5.74. The molecule has 1 fully saturated rings. The molecular formula is C32H33F12N5O8. The summed E-state index contributed by atoms with van der Waals surface area (Å²) in [6.07, 6.45) is -14.1. The molecule has 3 aromatic rings. The van der Waals surface area contributed by atoms with E-state index in [0.29, 0.717) is 0 Å². The Kier molecular flexibility index (Phi) is 17.5. The average Bonchev–Trinajstić information content (AvgIpc) is 3.53. The summed E-state index contributed by atoms with van der Waals surface area (Å²) >= 11 is 0. The second kappa shape index (κ2) is 20.1. The summed E-state index contributed by atoms with van der Waals surface area (Å²) in [6.45, 7) is 7.31. The molecule has 2 aliphatic rings. The van der Waals surface area contributed by atoms with E-state index in [0.717, 1.165) is 51.3 Å². The van der Waals surface area contributed by atoms with Gasteiger partial charge in [0.05, 0.1) is 23.1 Å². The van der Waals surface area contributed by atoms with Crippen molar-refractivity contribution in [3.63, 3.8) is 0 Å². The van der Waals surface area contributed by atoms with Crippen LogP contribution in [0.5, 0.6) is 0 Å². The lowest BCUT2D eigenvalue weighted by Gasteiger charge is -2.49. The molecule has 1 spiro atoms. The highest BCUT2D eigenvalue weighted by Gasteiger charge is 2.46. The van der Waals surface area contributed by atoms with Crippen molar-refractivity contribution < 1.29 is 92.3 Å². The smallest absolute Gasteiger partial charge is 0.475 e. The van der Waals surface area contributed by atoms with Gasteiger partial charge >= 0.3 is 48.6 Å². The number of pyridine rings is 1. The molecule has 2 aliphatic heterocycles. The monoisotopic (exact) mass is 843 g/mol. The number of nitrogens with zero attached hydrogens (tertiary/aromatic N) is 5. The first-order valence-electron chi connectivity index (χ1n) is 15.6. The molecule has 0 bridgehead atoms. The van der Waals surface area contributed by atoms with Crippen LogP contribution in [0.3, 0.4) is 0 Å². The van der Waals surface area contributed by atoms with Crippen LogP contribution in [0, 0.1) is 6.92 Å². The van der Waals surface area contributed by atoms with Crippen LogP contribution in [-0.4, -0.2) is 120 Å². The van der Waals surface area contributed by atoms with Crippen molar-refractivity contribution in [2.75, 3.05) is 26.7 Å². The quantitative estimate of drug-likeness (QED) is 0.219. The number of hydrogen-bond donors (Lipinski definition) is 4. The summed E-state index contributed by atoms with van der Waals surface area (Å²) in [5, 5.41) is 28.5. The number of alkyl halides is 12. The molecule has 1 saturated heterocycles. The summed E-state index contributed by atoms with van der Waals surface area (Å²) < 4.78 is 129. The maximum Gasteiger partial charge on any atom is 0.490 e. The first-order valence-corrected chi connectivity index (χ1v) is 15.6. The van der Waals surface area contributed by atoms with Gasteiger partial charge < -0.3 is 25.0 Å². The number of carboxylic acid groups (broad SMARTS) is 4. The van der Waals surface area contributed by atoms with Crippen LogP contribution in [0.4, 0.5) is 52.7 Å².